The Bertz CT molecular complexity index is 892. The first-order valence-electron chi connectivity index (χ1n) is 7.74. The fourth-order valence-electron chi connectivity index (χ4n) is 2.41. The molecular formula is C18H22N2O4S. The van der Waals surface area contributed by atoms with Crippen LogP contribution in [0.15, 0.2) is 41.3 Å². The Balaban J connectivity index is 2.24. The Kier molecular flexibility index (Phi) is 5.81. The van der Waals surface area contributed by atoms with E-state index in [9.17, 15) is 13.2 Å². The largest absolute Gasteiger partial charge is 0.497 e. The lowest BCUT2D eigenvalue weighted by Gasteiger charge is -2.13. The average Bonchev–Trinajstić information content (AvgIpc) is 2.61. The van der Waals surface area contributed by atoms with E-state index in [-0.39, 0.29) is 10.8 Å². The zero-order valence-corrected chi connectivity index (χ0v) is 15.5. The van der Waals surface area contributed by atoms with Crippen LogP contribution in [0.5, 0.6) is 5.75 Å². The quantitative estimate of drug-likeness (QED) is 0.825. The molecule has 0 atom stereocenters. The highest BCUT2D eigenvalue weighted by Gasteiger charge is 2.19. The number of sulfonamides is 1. The molecule has 0 aliphatic carbocycles. The third kappa shape index (κ3) is 4.37. The minimum atomic E-state index is -3.63. The highest BCUT2D eigenvalue weighted by atomic mass is 32.2. The molecule has 2 aromatic carbocycles. The Labute approximate surface area is 148 Å². The van der Waals surface area contributed by atoms with E-state index in [2.05, 4.69) is 10.0 Å². The number of benzene rings is 2. The molecule has 25 heavy (non-hydrogen) atoms. The molecule has 0 aliphatic rings. The van der Waals surface area contributed by atoms with Gasteiger partial charge in [0.15, 0.2) is 0 Å². The van der Waals surface area contributed by atoms with Gasteiger partial charge in [0.05, 0.1) is 12.0 Å². The van der Waals surface area contributed by atoms with Crippen LogP contribution >= 0.6 is 0 Å². The van der Waals surface area contributed by atoms with E-state index in [0.717, 1.165) is 11.1 Å². The molecule has 0 aliphatic heterocycles. The number of amides is 1. The normalized spacial score (nSPS) is 11.2. The number of carbonyl (C=O) groups excluding carboxylic acids is 1. The van der Waals surface area contributed by atoms with E-state index < -0.39 is 10.0 Å². The maximum atomic E-state index is 12.4. The van der Waals surface area contributed by atoms with Crippen LogP contribution in [-0.2, 0) is 16.6 Å². The number of hydrogen-bond donors (Lipinski definition) is 2. The maximum absolute atomic E-state index is 12.4. The Hall–Kier alpha value is -2.38. The molecule has 2 rings (SSSR count). The second-order valence-corrected chi connectivity index (χ2v) is 7.51. The molecule has 2 aromatic rings. The Morgan fingerprint density at radius 3 is 2.52 bits per heavy atom. The number of aryl methyl sites for hydroxylation is 1. The van der Waals surface area contributed by atoms with Gasteiger partial charge in [-0.3, -0.25) is 4.79 Å². The van der Waals surface area contributed by atoms with E-state index in [4.69, 9.17) is 4.74 Å². The van der Waals surface area contributed by atoms with Crippen LogP contribution in [0.4, 0.5) is 0 Å². The molecule has 0 unspecified atom stereocenters. The zero-order chi connectivity index (χ0) is 18.6. The SMILES string of the molecule is CNS(=O)(=O)c1cc(C(=O)NCc2cccc(OC)c2)cc(C)c1C. The van der Waals surface area contributed by atoms with Crippen LogP contribution in [0.2, 0.25) is 0 Å². The fraction of sp³-hybridized carbons (Fsp3) is 0.278. The lowest BCUT2D eigenvalue weighted by atomic mass is 10.1. The molecule has 0 fully saturated rings. The van der Waals surface area contributed by atoms with Crippen molar-refractivity contribution in [2.45, 2.75) is 25.3 Å². The molecule has 2 N–H and O–H groups in total. The van der Waals surface area contributed by atoms with Crippen molar-refractivity contribution in [2.75, 3.05) is 14.2 Å². The maximum Gasteiger partial charge on any atom is 0.251 e. The zero-order valence-electron chi connectivity index (χ0n) is 14.7. The molecule has 0 saturated heterocycles. The second kappa shape index (κ2) is 7.67. The standard InChI is InChI=1S/C18H22N2O4S/c1-12-8-15(10-17(13(12)2)25(22,23)19-3)18(21)20-11-14-6-5-7-16(9-14)24-4/h5-10,19H,11H2,1-4H3,(H,20,21). The van der Waals surface area contributed by atoms with Crippen molar-refractivity contribution in [3.05, 3.63) is 58.7 Å². The molecule has 7 heteroatoms. The Morgan fingerprint density at radius 1 is 1.16 bits per heavy atom. The number of carbonyl (C=O) groups is 1. The minimum Gasteiger partial charge on any atom is -0.497 e. The van der Waals surface area contributed by atoms with Gasteiger partial charge in [0.25, 0.3) is 5.91 Å². The summed E-state index contributed by atoms with van der Waals surface area (Å²) >= 11 is 0. The molecule has 0 aromatic heterocycles. The molecule has 0 spiro atoms. The summed E-state index contributed by atoms with van der Waals surface area (Å²) in [5.74, 6) is 0.374. The van der Waals surface area contributed by atoms with Gasteiger partial charge in [0, 0.05) is 12.1 Å². The molecule has 0 heterocycles. The molecule has 6 nitrogen and oxygen atoms in total. The molecule has 1 amide bonds. The number of rotatable bonds is 6. The smallest absolute Gasteiger partial charge is 0.251 e. The van der Waals surface area contributed by atoms with Gasteiger partial charge in [-0.1, -0.05) is 12.1 Å². The summed E-state index contributed by atoms with van der Waals surface area (Å²) in [5.41, 5.74) is 2.56. The van der Waals surface area contributed by atoms with E-state index in [1.54, 1.807) is 27.0 Å². The van der Waals surface area contributed by atoms with Crippen molar-refractivity contribution < 1.29 is 17.9 Å². The van der Waals surface area contributed by atoms with Crippen LogP contribution in [0.25, 0.3) is 0 Å². The first kappa shape index (κ1) is 19.0. The lowest BCUT2D eigenvalue weighted by Crippen LogP contribution is -2.25. The molecule has 0 saturated carbocycles. The fourth-order valence-corrected chi connectivity index (χ4v) is 3.48. The van der Waals surface area contributed by atoms with Crippen molar-refractivity contribution in [1.82, 2.24) is 10.0 Å². The summed E-state index contributed by atoms with van der Waals surface area (Å²) in [6, 6.07) is 10.5. The van der Waals surface area contributed by atoms with Crippen molar-refractivity contribution in [2.24, 2.45) is 0 Å². The lowest BCUT2D eigenvalue weighted by molar-refractivity contribution is 0.0950. The number of nitrogens with one attached hydrogen (secondary N) is 2. The average molecular weight is 362 g/mol. The predicted molar refractivity (Wildman–Crippen MR) is 96.3 cm³/mol. The van der Waals surface area contributed by atoms with Crippen LogP contribution in [0.1, 0.15) is 27.0 Å². The first-order valence-corrected chi connectivity index (χ1v) is 9.22. The van der Waals surface area contributed by atoms with Crippen molar-refractivity contribution >= 4 is 15.9 Å². The number of methoxy groups -OCH3 is 1. The van der Waals surface area contributed by atoms with Crippen LogP contribution < -0.4 is 14.8 Å². The van der Waals surface area contributed by atoms with Crippen LogP contribution in [0.3, 0.4) is 0 Å². The molecule has 134 valence electrons. The number of ether oxygens (including phenoxy) is 1. The molecule has 0 radical (unpaired) electrons. The summed E-state index contributed by atoms with van der Waals surface area (Å²) in [6.07, 6.45) is 0. The predicted octanol–water partition coefficient (Wildman–Crippen LogP) is 2.15. The van der Waals surface area contributed by atoms with Gasteiger partial charge < -0.3 is 10.1 Å². The summed E-state index contributed by atoms with van der Waals surface area (Å²) in [6.45, 7) is 3.82. The van der Waals surface area contributed by atoms with Gasteiger partial charge in [-0.25, -0.2) is 13.1 Å². The van der Waals surface area contributed by atoms with Crippen molar-refractivity contribution in [3.63, 3.8) is 0 Å². The highest BCUT2D eigenvalue weighted by Crippen LogP contribution is 2.21. The summed E-state index contributed by atoms with van der Waals surface area (Å²) in [7, 11) is -0.703. The monoisotopic (exact) mass is 362 g/mol. The van der Waals surface area contributed by atoms with E-state index in [1.807, 2.05) is 24.3 Å². The van der Waals surface area contributed by atoms with E-state index >= 15 is 0 Å². The van der Waals surface area contributed by atoms with E-state index in [0.29, 0.717) is 23.4 Å². The van der Waals surface area contributed by atoms with Gasteiger partial charge in [-0.2, -0.15) is 0 Å². The van der Waals surface area contributed by atoms with Gasteiger partial charge in [0.1, 0.15) is 5.75 Å². The van der Waals surface area contributed by atoms with Crippen LogP contribution in [-0.4, -0.2) is 28.5 Å². The first-order chi connectivity index (χ1) is 11.8. The van der Waals surface area contributed by atoms with Gasteiger partial charge in [0.2, 0.25) is 10.0 Å². The summed E-state index contributed by atoms with van der Waals surface area (Å²) < 4.78 is 31.7. The van der Waals surface area contributed by atoms with Crippen molar-refractivity contribution in [3.8, 4) is 5.75 Å². The summed E-state index contributed by atoms with van der Waals surface area (Å²) in [4.78, 5) is 12.6. The third-order valence-corrected chi connectivity index (χ3v) is 5.57. The van der Waals surface area contributed by atoms with Gasteiger partial charge in [-0.15, -0.1) is 0 Å². The highest BCUT2D eigenvalue weighted by molar-refractivity contribution is 7.89. The van der Waals surface area contributed by atoms with Gasteiger partial charge >= 0.3 is 0 Å². The topological polar surface area (TPSA) is 84.5 Å². The summed E-state index contributed by atoms with van der Waals surface area (Å²) in [5, 5.41) is 2.80. The molecule has 0 bridgehead atoms. The molecular weight excluding hydrogens is 340 g/mol. The van der Waals surface area contributed by atoms with Crippen molar-refractivity contribution in [1.29, 1.82) is 0 Å². The third-order valence-electron chi connectivity index (χ3n) is 4.03. The Morgan fingerprint density at radius 2 is 1.88 bits per heavy atom. The minimum absolute atomic E-state index is 0.113. The second-order valence-electron chi connectivity index (χ2n) is 5.66. The van der Waals surface area contributed by atoms with E-state index in [1.165, 1.54) is 13.1 Å². The van der Waals surface area contributed by atoms with Gasteiger partial charge in [-0.05, 0) is 61.9 Å². The van der Waals surface area contributed by atoms with Crippen LogP contribution in [0, 0.1) is 13.8 Å². The number of hydrogen-bond acceptors (Lipinski definition) is 4.